The molecule has 1 atom stereocenters. The maximum atomic E-state index is 13.3. The Bertz CT molecular complexity index is 417. The SMILES string of the molecule is C=C(C#N)/C=C(\C(=C)F)C(NSC(C)(C)C)C(F)F. The van der Waals surface area contributed by atoms with E-state index in [1.165, 1.54) is 0 Å². The summed E-state index contributed by atoms with van der Waals surface area (Å²) >= 11 is 1.06. The lowest BCUT2D eigenvalue weighted by atomic mass is 10.1. The Morgan fingerprint density at radius 2 is 1.89 bits per heavy atom. The molecule has 0 aromatic rings. The summed E-state index contributed by atoms with van der Waals surface area (Å²) in [5.74, 6) is -1.01. The molecule has 0 saturated carbocycles. The third kappa shape index (κ3) is 7.09. The van der Waals surface area contributed by atoms with Crippen LogP contribution in [0.15, 0.2) is 36.2 Å². The number of alkyl halides is 2. The minimum absolute atomic E-state index is 0.109. The number of halogens is 3. The van der Waals surface area contributed by atoms with Gasteiger partial charge in [0.2, 0.25) is 0 Å². The number of rotatable bonds is 6. The molecule has 0 aromatic carbocycles. The molecule has 19 heavy (non-hydrogen) atoms. The highest BCUT2D eigenvalue weighted by molar-refractivity contribution is 7.98. The average molecular weight is 290 g/mol. The standard InChI is InChI=1S/C13H17F3N2S/c1-8(7-17)6-10(9(2)14)11(12(15)16)18-19-13(3,4)5/h6,11-12,18H,1-2H2,3-5H3/b10-6+. The monoisotopic (exact) mass is 290 g/mol. The molecule has 0 radical (unpaired) electrons. The Morgan fingerprint density at radius 3 is 2.21 bits per heavy atom. The van der Waals surface area contributed by atoms with Gasteiger partial charge < -0.3 is 0 Å². The lowest BCUT2D eigenvalue weighted by Crippen LogP contribution is -2.36. The van der Waals surface area contributed by atoms with Gasteiger partial charge in [0, 0.05) is 15.9 Å². The van der Waals surface area contributed by atoms with E-state index < -0.39 is 18.3 Å². The van der Waals surface area contributed by atoms with Gasteiger partial charge in [-0.3, -0.25) is 4.72 Å². The van der Waals surface area contributed by atoms with Crippen molar-refractivity contribution in [3.63, 3.8) is 0 Å². The van der Waals surface area contributed by atoms with Crippen molar-refractivity contribution in [3.05, 3.63) is 36.2 Å². The fourth-order valence-corrected chi connectivity index (χ4v) is 1.76. The molecular formula is C13H17F3N2S. The molecule has 0 spiro atoms. The highest BCUT2D eigenvalue weighted by Crippen LogP contribution is 2.27. The van der Waals surface area contributed by atoms with Crippen molar-refractivity contribution in [2.45, 2.75) is 38.0 Å². The summed E-state index contributed by atoms with van der Waals surface area (Å²) in [4.78, 5) is 0. The van der Waals surface area contributed by atoms with Crippen molar-refractivity contribution >= 4 is 11.9 Å². The molecule has 0 aromatic heterocycles. The van der Waals surface area contributed by atoms with Gasteiger partial charge in [0.15, 0.2) is 0 Å². The fourth-order valence-electron chi connectivity index (χ4n) is 1.05. The van der Waals surface area contributed by atoms with Crippen LogP contribution in [0, 0.1) is 11.3 Å². The average Bonchev–Trinajstić information content (AvgIpc) is 2.25. The van der Waals surface area contributed by atoms with E-state index in [1.54, 1.807) is 6.07 Å². The second kappa shape index (κ2) is 7.41. The summed E-state index contributed by atoms with van der Waals surface area (Å²) in [6.07, 6.45) is -1.85. The van der Waals surface area contributed by atoms with E-state index in [0.29, 0.717) is 0 Å². The molecule has 106 valence electrons. The van der Waals surface area contributed by atoms with Gasteiger partial charge in [0.1, 0.15) is 11.9 Å². The topological polar surface area (TPSA) is 35.8 Å². The summed E-state index contributed by atoms with van der Waals surface area (Å²) in [6.45, 7) is 11.8. The molecule has 0 rings (SSSR count). The summed E-state index contributed by atoms with van der Waals surface area (Å²) < 4.78 is 41.5. The third-order valence-corrected chi connectivity index (χ3v) is 2.85. The molecule has 0 amide bonds. The fraction of sp³-hybridized carbons (Fsp3) is 0.462. The maximum Gasteiger partial charge on any atom is 0.258 e. The molecule has 0 aliphatic heterocycles. The molecule has 1 N–H and O–H groups in total. The number of hydrogen-bond acceptors (Lipinski definition) is 3. The highest BCUT2D eigenvalue weighted by atomic mass is 32.2. The van der Waals surface area contributed by atoms with Crippen LogP contribution in [0.1, 0.15) is 20.8 Å². The molecule has 0 aliphatic rings. The van der Waals surface area contributed by atoms with Crippen molar-refractivity contribution in [2.24, 2.45) is 0 Å². The van der Waals surface area contributed by atoms with Gasteiger partial charge in [-0.1, -0.05) is 25.1 Å². The zero-order valence-electron chi connectivity index (χ0n) is 11.1. The van der Waals surface area contributed by atoms with Crippen LogP contribution in [0.2, 0.25) is 0 Å². The van der Waals surface area contributed by atoms with Crippen LogP contribution in [0.25, 0.3) is 0 Å². The largest absolute Gasteiger partial charge is 0.258 e. The number of hydrogen-bond donors (Lipinski definition) is 1. The number of nitrogens with zero attached hydrogens (tertiary/aromatic N) is 1. The first-order valence-electron chi connectivity index (χ1n) is 5.45. The first kappa shape index (κ1) is 17.8. The lowest BCUT2D eigenvalue weighted by Gasteiger charge is -2.25. The van der Waals surface area contributed by atoms with Crippen LogP contribution in [-0.4, -0.2) is 17.2 Å². The molecule has 0 saturated heterocycles. The molecule has 0 aliphatic carbocycles. The van der Waals surface area contributed by atoms with E-state index in [2.05, 4.69) is 17.9 Å². The Balaban J connectivity index is 5.22. The third-order valence-electron chi connectivity index (χ3n) is 1.87. The number of nitrogens with one attached hydrogen (secondary N) is 1. The Kier molecular flexibility index (Phi) is 6.95. The van der Waals surface area contributed by atoms with E-state index in [9.17, 15) is 13.2 Å². The summed E-state index contributed by atoms with van der Waals surface area (Å²) in [5.41, 5.74) is -0.472. The van der Waals surface area contributed by atoms with Crippen molar-refractivity contribution < 1.29 is 13.2 Å². The van der Waals surface area contributed by atoms with Crippen molar-refractivity contribution in [3.8, 4) is 6.07 Å². The van der Waals surface area contributed by atoms with Gasteiger partial charge in [-0.05, 0) is 26.8 Å². The van der Waals surface area contributed by atoms with Crippen LogP contribution < -0.4 is 4.72 Å². The van der Waals surface area contributed by atoms with Crippen LogP contribution in [0.3, 0.4) is 0 Å². The highest BCUT2D eigenvalue weighted by Gasteiger charge is 2.28. The van der Waals surface area contributed by atoms with E-state index in [4.69, 9.17) is 5.26 Å². The van der Waals surface area contributed by atoms with Crippen molar-refractivity contribution in [2.75, 3.05) is 0 Å². The molecule has 0 fully saturated rings. The zero-order chi connectivity index (χ0) is 15.2. The molecule has 0 heterocycles. The first-order valence-corrected chi connectivity index (χ1v) is 6.27. The predicted octanol–water partition coefficient (Wildman–Crippen LogP) is 4.15. The molecule has 2 nitrogen and oxygen atoms in total. The van der Waals surface area contributed by atoms with Crippen molar-refractivity contribution in [1.29, 1.82) is 5.26 Å². The molecular weight excluding hydrogens is 273 g/mol. The Hall–Kier alpha value is -1.19. The second-order valence-corrected chi connectivity index (χ2v) is 6.45. The van der Waals surface area contributed by atoms with E-state index >= 15 is 0 Å². The zero-order valence-corrected chi connectivity index (χ0v) is 12.0. The Labute approximate surface area is 116 Å². The van der Waals surface area contributed by atoms with Gasteiger partial charge in [-0.15, -0.1) is 0 Å². The van der Waals surface area contributed by atoms with Crippen LogP contribution >= 0.6 is 11.9 Å². The van der Waals surface area contributed by atoms with Gasteiger partial charge >= 0.3 is 0 Å². The van der Waals surface area contributed by atoms with Gasteiger partial charge in [-0.25, -0.2) is 13.2 Å². The molecule has 0 bridgehead atoms. The van der Waals surface area contributed by atoms with Crippen LogP contribution in [0.5, 0.6) is 0 Å². The van der Waals surface area contributed by atoms with Gasteiger partial charge in [0.05, 0.1) is 6.07 Å². The van der Waals surface area contributed by atoms with Crippen LogP contribution in [-0.2, 0) is 0 Å². The number of allylic oxidation sites excluding steroid dienone is 2. The summed E-state index contributed by atoms with van der Waals surface area (Å²) in [6, 6.07) is 0.109. The maximum absolute atomic E-state index is 13.3. The number of nitriles is 1. The molecule has 6 heteroatoms. The normalized spacial score (nSPS) is 14.1. The Morgan fingerprint density at radius 1 is 1.37 bits per heavy atom. The minimum Gasteiger partial charge on any atom is -0.250 e. The predicted molar refractivity (Wildman–Crippen MR) is 73.4 cm³/mol. The van der Waals surface area contributed by atoms with Crippen molar-refractivity contribution in [1.82, 2.24) is 4.72 Å². The van der Waals surface area contributed by atoms with E-state index in [1.807, 2.05) is 20.8 Å². The van der Waals surface area contributed by atoms with Gasteiger partial charge in [0.25, 0.3) is 6.43 Å². The molecule has 1 unspecified atom stereocenters. The van der Waals surface area contributed by atoms with Crippen LogP contribution in [0.4, 0.5) is 13.2 Å². The quantitative estimate of drug-likeness (QED) is 0.453. The second-order valence-electron chi connectivity index (χ2n) is 4.79. The lowest BCUT2D eigenvalue weighted by molar-refractivity contribution is 0.123. The van der Waals surface area contributed by atoms with E-state index in [-0.39, 0.29) is 15.9 Å². The van der Waals surface area contributed by atoms with E-state index in [0.717, 1.165) is 18.0 Å². The smallest absolute Gasteiger partial charge is 0.250 e. The first-order chi connectivity index (χ1) is 8.58. The van der Waals surface area contributed by atoms with Gasteiger partial charge in [-0.2, -0.15) is 5.26 Å². The minimum atomic E-state index is -2.83. The summed E-state index contributed by atoms with van der Waals surface area (Å²) in [7, 11) is 0. The summed E-state index contributed by atoms with van der Waals surface area (Å²) in [5, 5.41) is 8.59.